The van der Waals surface area contributed by atoms with Crippen LogP contribution in [0.3, 0.4) is 0 Å². The number of aliphatic hydroxyl groups is 8. The van der Waals surface area contributed by atoms with Gasteiger partial charge in [0, 0.05) is 6.54 Å². The van der Waals surface area contributed by atoms with Crippen LogP contribution in [0.25, 0.3) is 0 Å². The molecular weight excluding hydrogens is 382 g/mol. The van der Waals surface area contributed by atoms with E-state index in [2.05, 4.69) is 5.32 Å². The second kappa shape index (κ2) is 11.9. The SMILES string of the molecule is CCCCNC(=O)C(O)C(O)C(O)C(O)COC1OC(CO)C(O)C(O)C1O. The molecule has 0 aromatic rings. The fraction of sp³-hybridized carbons (Fsp3) is 0.938. The van der Waals surface area contributed by atoms with Gasteiger partial charge >= 0.3 is 0 Å². The maximum absolute atomic E-state index is 11.7. The predicted octanol–water partition coefficient (Wildman–Crippen LogP) is -4.84. The smallest absolute Gasteiger partial charge is 0.251 e. The van der Waals surface area contributed by atoms with Gasteiger partial charge in [0.25, 0.3) is 5.91 Å². The van der Waals surface area contributed by atoms with Crippen molar-refractivity contribution >= 4 is 5.91 Å². The molecule has 12 heteroatoms. The Morgan fingerprint density at radius 1 is 1.07 bits per heavy atom. The molecule has 0 bridgehead atoms. The molecule has 0 aromatic heterocycles. The molecule has 9 N–H and O–H groups in total. The first kappa shape index (κ1) is 25.1. The van der Waals surface area contributed by atoms with Crippen molar-refractivity contribution in [3.8, 4) is 0 Å². The fourth-order valence-electron chi connectivity index (χ4n) is 2.56. The van der Waals surface area contributed by atoms with Crippen LogP contribution in [0, 0.1) is 0 Å². The van der Waals surface area contributed by atoms with Crippen molar-refractivity contribution in [2.45, 2.75) is 74.9 Å². The van der Waals surface area contributed by atoms with E-state index in [1.807, 2.05) is 6.92 Å². The van der Waals surface area contributed by atoms with Crippen molar-refractivity contribution < 1.29 is 55.1 Å². The van der Waals surface area contributed by atoms with E-state index in [0.717, 1.165) is 6.42 Å². The monoisotopic (exact) mass is 413 g/mol. The Balaban J connectivity index is 2.54. The van der Waals surface area contributed by atoms with Crippen molar-refractivity contribution in [1.82, 2.24) is 5.32 Å². The topological polar surface area (TPSA) is 209 Å². The normalized spacial score (nSPS) is 32.4. The molecule has 0 radical (unpaired) electrons. The lowest BCUT2D eigenvalue weighted by atomic mass is 9.99. The summed E-state index contributed by atoms with van der Waals surface area (Å²) in [6, 6.07) is 0. The van der Waals surface area contributed by atoms with Gasteiger partial charge in [0.2, 0.25) is 0 Å². The van der Waals surface area contributed by atoms with Crippen LogP contribution in [-0.2, 0) is 14.3 Å². The van der Waals surface area contributed by atoms with Gasteiger partial charge in [-0.15, -0.1) is 0 Å². The van der Waals surface area contributed by atoms with Crippen LogP contribution in [-0.4, -0.2) is 122 Å². The van der Waals surface area contributed by atoms with Crippen LogP contribution >= 0.6 is 0 Å². The molecule has 0 aromatic carbocycles. The zero-order valence-electron chi connectivity index (χ0n) is 15.5. The maximum Gasteiger partial charge on any atom is 0.251 e. The van der Waals surface area contributed by atoms with Gasteiger partial charge in [0.1, 0.15) is 42.7 Å². The van der Waals surface area contributed by atoms with Gasteiger partial charge in [-0.1, -0.05) is 13.3 Å². The number of unbranched alkanes of at least 4 members (excludes halogenated alkanes) is 1. The third kappa shape index (κ3) is 6.56. The largest absolute Gasteiger partial charge is 0.394 e. The van der Waals surface area contributed by atoms with Crippen molar-refractivity contribution in [1.29, 1.82) is 0 Å². The molecule has 1 saturated heterocycles. The molecule has 0 saturated carbocycles. The summed E-state index contributed by atoms with van der Waals surface area (Å²) in [5.74, 6) is -0.915. The molecule has 1 rings (SSSR count). The number of ether oxygens (including phenoxy) is 2. The minimum atomic E-state index is -2.02. The van der Waals surface area contributed by atoms with Gasteiger partial charge in [-0.2, -0.15) is 0 Å². The molecule has 12 nitrogen and oxygen atoms in total. The zero-order valence-corrected chi connectivity index (χ0v) is 15.5. The first-order valence-corrected chi connectivity index (χ1v) is 9.07. The lowest BCUT2D eigenvalue weighted by Crippen LogP contribution is -2.59. The highest BCUT2D eigenvalue weighted by Crippen LogP contribution is 2.22. The number of amides is 1. The molecule has 1 heterocycles. The third-order valence-electron chi connectivity index (χ3n) is 4.45. The average molecular weight is 413 g/mol. The highest BCUT2D eigenvalue weighted by molar-refractivity contribution is 5.81. The minimum Gasteiger partial charge on any atom is -0.394 e. The Morgan fingerprint density at radius 3 is 2.29 bits per heavy atom. The lowest BCUT2D eigenvalue weighted by molar-refractivity contribution is -0.306. The summed E-state index contributed by atoms with van der Waals surface area (Å²) in [5, 5.41) is 80.1. The minimum absolute atomic E-state index is 0.276. The zero-order chi connectivity index (χ0) is 21.4. The van der Waals surface area contributed by atoms with E-state index in [1.165, 1.54) is 0 Å². The van der Waals surface area contributed by atoms with Gasteiger partial charge in [-0.3, -0.25) is 4.79 Å². The third-order valence-corrected chi connectivity index (χ3v) is 4.45. The van der Waals surface area contributed by atoms with Gasteiger partial charge in [-0.25, -0.2) is 0 Å². The molecule has 166 valence electrons. The summed E-state index contributed by atoms with van der Waals surface area (Å²) in [6.45, 7) is 0.782. The molecule has 28 heavy (non-hydrogen) atoms. The number of carbonyl (C=O) groups is 1. The van der Waals surface area contributed by atoms with Gasteiger partial charge in [0.05, 0.1) is 13.2 Å². The van der Waals surface area contributed by atoms with Crippen molar-refractivity contribution in [2.75, 3.05) is 19.8 Å². The van der Waals surface area contributed by atoms with E-state index in [4.69, 9.17) is 14.6 Å². The molecule has 9 unspecified atom stereocenters. The molecule has 1 aliphatic heterocycles. The summed E-state index contributed by atoms with van der Waals surface area (Å²) in [4.78, 5) is 11.7. The number of aliphatic hydroxyl groups excluding tert-OH is 8. The summed E-state index contributed by atoms with van der Waals surface area (Å²) >= 11 is 0. The van der Waals surface area contributed by atoms with Crippen LogP contribution in [0.2, 0.25) is 0 Å². The van der Waals surface area contributed by atoms with E-state index in [9.17, 15) is 40.5 Å². The van der Waals surface area contributed by atoms with E-state index in [0.29, 0.717) is 6.42 Å². The van der Waals surface area contributed by atoms with Gasteiger partial charge in [-0.05, 0) is 6.42 Å². The quantitative estimate of drug-likeness (QED) is 0.147. The Hall–Kier alpha value is -0.930. The summed E-state index contributed by atoms with van der Waals surface area (Å²) in [6.07, 6.45) is -14.1. The van der Waals surface area contributed by atoms with Gasteiger partial charge < -0.3 is 55.6 Å². The second-order valence-electron chi connectivity index (χ2n) is 6.67. The number of rotatable bonds is 11. The van der Waals surface area contributed by atoms with E-state index in [1.54, 1.807) is 0 Å². The molecular formula is C16H31NO11. The van der Waals surface area contributed by atoms with Crippen LogP contribution in [0.1, 0.15) is 19.8 Å². The standard InChI is InChI=1S/C16H31NO11/c1-2-3-4-17-15(26)13(24)11(22)9(20)7(19)6-27-16-14(25)12(23)10(21)8(5-18)28-16/h7-14,16,18-25H,2-6H2,1H3,(H,17,26). The first-order chi connectivity index (χ1) is 13.1. The second-order valence-corrected chi connectivity index (χ2v) is 6.67. The highest BCUT2D eigenvalue weighted by atomic mass is 16.7. The van der Waals surface area contributed by atoms with Crippen LogP contribution < -0.4 is 5.32 Å². The Bertz CT molecular complexity index is 466. The average Bonchev–Trinajstić information content (AvgIpc) is 2.69. The Kier molecular flexibility index (Phi) is 10.7. The van der Waals surface area contributed by atoms with E-state index in [-0.39, 0.29) is 6.54 Å². The lowest BCUT2D eigenvalue weighted by Gasteiger charge is -2.40. The number of nitrogens with one attached hydrogen (secondary N) is 1. The maximum atomic E-state index is 11.7. The Morgan fingerprint density at radius 2 is 1.71 bits per heavy atom. The van der Waals surface area contributed by atoms with Crippen LogP contribution in [0.5, 0.6) is 0 Å². The van der Waals surface area contributed by atoms with Gasteiger partial charge in [0.15, 0.2) is 12.4 Å². The molecule has 9 atom stereocenters. The van der Waals surface area contributed by atoms with Crippen molar-refractivity contribution in [3.05, 3.63) is 0 Å². The fourth-order valence-corrected chi connectivity index (χ4v) is 2.56. The molecule has 1 aliphatic rings. The van der Waals surface area contributed by atoms with Crippen LogP contribution in [0.4, 0.5) is 0 Å². The van der Waals surface area contributed by atoms with E-state index >= 15 is 0 Å². The van der Waals surface area contributed by atoms with E-state index < -0.39 is 74.2 Å². The van der Waals surface area contributed by atoms with Crippen molar-refractivity contribution in [3.63, 3.8) is 0 Å². The number of hydrogen-bond acceptors (Lipinski definition) is 11. The Labute approximate surface area is 161 Å². The summed E-state index contributed by atoms with van der Waals surface area (Å²) < 4.78 is 10.1. The molecule has 0 aliphatic carbocycles. The molecule has 1 fully saturated rings. The summed E-state index contributed by atoms with van der Waals surface area (Å²) in [7, 11) is 0. The predicted molar refractivity (Wildman–Crippen MR) is 91.7 cm³/mol. The summed E-state index contributed by atoms with van der Waals surface area (Å²) in [5.41, 5.74) is 0. The highest BCUT2D eigenvalue weighted by Gasteiger charge is 2.44. The van der Waals surface area contributed by atoms with Crippen molar-refractivity contribution in [2.24, 2.45) is 0 Å². The molecule has 0 spiro atoms. The van der Waals surface area contributed by atoms with Crippen LogP contribution in [0.15, 0.2) is 0 Å². The first-order valence-electron chi connectivity index (χ1n) is 9.07. The molecule has 1 amide bonds. The number of carbonyl (C=O) groups excluding carboxylic acids is 1. The number of hydrogen-bond donors (Lipinski definition) is 9.